The fraction of sp³-hybridized carbons (Fsp3) is 0.304. The number of carbonyl (C=O) groups is 2. The molecule has 1 saturated heterocycles. The van der Waals surface area contributed by atoms with Crippen LogP contribution in [0.2, 0.25) is 10.0 Å². The lowest BCUT2D eigenvalue weighted by atomic mass is 9.95. The summed E-state index contributed by atoms with van der Waals surface area (Å²) in [4.78, 5) is 27.4. The molecule has 2 aromatic carbocycles. The first-order valence-corrected chi connectivity index (χ1v) is 10.5. The summed E-state index contributed by atoms with van der Waals surface area (Å²) < 4.78 is 10.6. The van der Waals surface area contributed by atoms with E-state index in [4.69, 9.17) is 32.7 Å². The molecule has 0 bridgehead atoms. The first-order valence-electron chi connectivity index (χ1n) is 9.79. The number of ketones is 1. The lowest BCUT2D eigenvalue weighted by Crippen LogP contribution is -2.30. The minimum atomic E-state index is -0.762. The SMILES string of the molecule is CCCCN1C(=O)C(=O)/C(=C(/O)c2cc(Cl)c(OC)cc2OC)C1c1ccc(Cl)cc1. The molecule has 31 heavy (non-hydrogen) atoms. The van der Waals surface area contributed by atoms with Crippen LogP contribution in [0, 0.1) is 0 Å². The van der Waals surface area contributed by atoms with Crippen LogP contribution in [0.1, 0.15) is 36.9 Å². The highest BCUT2D eigenvalue weighted by Crippen LogP contribution is 2.43. The third-order valence-electron chi connectivity index (χ3n) is 5.21. The molecule has 1 unspecified atom stereocenters. The van der Waals surface area contributed by atoms with E-state index in [1.807, 2.05) is 6.92 Å². The number of unbranched alkanes of at least 4 members (excludes halogenated alkanes) is 1. The van der Waals surface area contributed by atoms with Crippen molar-refractivity contribution in [1.82, 2.24) is 4.90 Å². The lowest BCUT2D eigenvalue weighted by Gasteiger charge is -2.25. The number of Topliss-reactive ketones (excluding diaryl/α,β-unsaturated/α-hetero) is 1. The zero-order valence-electron chi connectivity index (χ0n) is 17.4. The maximum Gasteiger partial charge on any atom is 0.295 e. The Balaban J connectivity index is 2.23. The molecular weight excluding hydrogens is 441 g/mol. The summed E-state index contributed by atoms with van der Waals surface area (Å²) in [6.07, 6.45) is 1.56. The van der Waals surface area contributed by atoms with E-state index in [1.54, 1.807) is 24.3 Å². The van der Waals surface area contributed by atoms with E-state index in [0.29, 0.717) is 22.9 Å². The number of nitrogens with zero attached hydrogens (tertiary/aromatic N) is 1. The highest BCUT2D eigenvalue weighted by atomic mass is 35.5. The Kier molecular flexibility index (Phi) is 7.13. The first kappa shape index (κ1) is 23.0. The number of ether oxygens (including phenoxy) is 2. The average Bonchev–Trinajstić information content (AvgIpc) is 3.02. The molecule has 0 aliphatic carbocycles. The Hall–Kier alpha value is -2.70. The Labute approximate surface area is 191 Å². The van der Waals surface area contributed by atoms with Crippen LogP contribution in [0.25, 0.3) is 5.76 Å². The molecule has 8 heteroatoms. The van der Waals surface area contributed by atoms with E-state index in [2.05, 4.69) is 0 Å². The number of rotatable bonds is 7. The number of aliphatic hydroxyl groups is 1. The van der Waals surface area contributed by atoms with Gasteiger partial charge in [0, 0.05) is 17.6 Å². The van der Waals surface area contributed by atoms with Gasteiger partial charge in [-0.3, -0.25) is 9.59 Å². The quantitative estimate of drug-likeness (QED) is 0.345. The van der Waals surface area contributed by atoms with E-state index in [0.717, 1.165) is 12.8 Å². The molecule has 2 aromatic rings. The van der Waals surface area contributed by atoms with Crippen molar-refractivity contribution < 1.29 is 24.2 Å². The molecule has 0 saturated carbocycles. The van der Waals surface area contributed by atoms with E-state index >= 15 is 0 Å². The molecule has 1 atom stereocenters. The summed E-state index contributed by atoms with van der Waals surface area (Å²) >= 11 is 12.3. The number of carbonyl (C=O) groups excluding carboxylic acids is 2. The van der Waals surface area contributed by atoms with Crippen LogP contribution in [-0.2, 0) is 9.59 Å². The van der Waals surface area contributed by atoms with Gasteiger partial charge in [0.05, 0.1) is 36.4 Å². The number of halogens is 2. The topological polar surface area (TPSA) is 76.1 Å². The number of hydrogen-bond acceptors (Lipinski definition) is 5. The Morgan fingerprint density at radius 2 is 1.71 bits per heavy atom. The monoisotopic (exact) mass is 463 g/mol. The van der Waals surface area contributed by atoms with Gasteiger partial charge in [0.1, 0.15) is 17.3 Å². The average molecular weight is 464 g/mol. The highest BCUT2D eigenvalue weighted by molar-refractivity contribution is 6.46. The summed E-state index contributed by atoms with van der Waals surface area (Å²) in [5.41, 5.74) is 0.837. The largest absolute Gasteiger partial charge is 0.507 e. The number of aliphatic hydroxyl groups excluding tert-OH is 1. The van der Waals surface area contributed by atoms with Gasteiger partial charge in [-0.1, -0.05) is 48.7 Å². The van der Waals surface area contributed by atoms with E-state index < -0.39 is 17.7 Å². The summed E-state index contributed by atoms with van der Waals surface area (Å²) in [5.74, 6) is -1.17. The van der Waals surface area contributed by atoms with Crippen LogP contribution in [0.15, 0.2) is 42.0 Å². The number of methoxy groups -OCH3 is 2. The molecule has 3 rings (SSSR count). The molecule has 1 heterocycles. The molecule has 1 aliphatic rings. The minimum Gasteiger partial charge on any atom is -0.507 e. The van der Waals surface area contributed by atoms with Gasteiger partial charge in [0.15, 0.2) is 0 Å². The van der Waals surface area contributed by atoms with E-state index in [-0.39, 0.29) is 27.7 Å². The van der Waals surface area contributed by atoms with Gasteiger partial charge in [-0.15, -0.1) is 0 Å². The molecule has 1 N–H and O–H groups in total. The summed E-state index contributed by atoms with van der Waals surface area (Å²) in [6.45, 7) is 2.38. The number of likely N-dealkylation sites (tertiary alicyclic amines) is 1. The van der Waals surface area contributed by atoms with Crippen molar-refractivity contribution in [2.75, 3.05) is 20.8 Å². The van der Waals surface area contributed by atoms with Gasteiger partial charge in [0.25, 0.3) is 11.7 Å². The molecule has 6 nitrogen and oxygen atoms in total. The number of hydrogen-bond donors (Lipinski definition) is 1. The van der Waals surface area contributed by atoms with Gasteiger partial charge in [0.2, 0.25) is 0 Å². The van der Waals surface area contributed by atoms with Gasteiger partial charge in [-0.25, -0.2) is 0 Å². The van der Waals surface area contributed by atoms with Crippen LogP contribution in [0.5, 0.6) is 11.5 Å². The molecule has 1 fully saturated rings. The molecular formula is C23H23Cl2NO5. The Morgan fingerprint density at radius 3 is 2.29 bits per heavy atom. The maximum atomic E-state index is 13.0. The van der Waals surface area contributed by atoms with Crippen molar-refractivity contribution in [1.29, 1.82) is 0 Å². The van der Waals surface area contributed by atoms with Crippen LogP contribution in [0.3, 0.4) is 0 Å². The van der Waals surface area contributed by atoms with Gasteiger partial charge in [-0.2, -0.15) is 0 Å². The van der Waals surface area contributed by atoms with Gasteiger partial charge >= 0.3 is 0 Å². The van der Waals surface area contributed by atoms with Crippen molar-refractivity contribution in [2.45, 2.75) is 25.8 Å². The zero-order chi connectivity index (χ0) is 22.7. The third-order valence-corrected chi connectivity index (χ3v) is 5.75. The molecule has 0 spiro atoms. The molecule has 0 aromatic heterocycles. The van der Waals surface area contributed by atoms with Crippen LogP contribution < -0.4 is 9.47 Å². The number of amides is 1. The second-order valence-corrected chi connectivity index (χ2v) is 7.93. The second kappa shape index (κ2) is 9.62. The Morgan fingerprint density at radius 1 is 1.06 bits per heavy atom. The molecule has 1 aliphatic heterocycles. The second-order valence-electron chi connectivity index (χ2n) is 7.08. The predicted molar refractivity (Wildman–Crippen MR) is 120 cm³/mol. The van der Waals surface area contributed by atoms with Gasteiger partial charge in [-0.05, 0) is 30.2 Å². The smallest absolute Gasteiger partial charge is 0.295 e. The predicted octanol–water partition coefficient (Wildman–Crippen LogP) is 5.23. The Bertz CT molecular complexity index is 1030. The van der Waals surface area contributed by atoms with Crippen molar-refractivity contribution >= 4 is 40.7 Å². The van der Waals surface area contributed by atoms with Crippen LogP contribution >= 0.6 is 23.2 Å². The van der Waals surface area contributed by atoms with Crippen molar-refractivity contribution in [3.63, 3.8) is 0 Å². The summed E-state index contributed by atoms with van der Waals surface area (Å²) in [7, 11) is 2.88. The van der Waals surface area contributed by atoms with E-state index in [1.165, 1.54) is 31.3 Å². The van der Waals surface area contributed by atoms with Crippen LogP contribution in [-0.4, -0.2) is 42.5 Å². The zero-order valence-corrected chi connectivity index (χ0v) is 19.0. The molecule has 164 valence electrons. The maximum absolute atomic E-state index is 13.0. The fourth-order valence-electron chi connectivity index (χ4n) is 3.62. The van der Waals surface area contributed by atoms with Crippen molar-refractivity contribution in [2.24, 2.45) is 0 Å². The molecule has 0 radical (unpaired) electrons. The summed E-state index contributed by atoms with van der Waals surface area (Å²) in [5, 5.41) is 12.0. The number of benzene rings is 2. The van der Waals surface area contributed by atoms with E-state index in [9.17, 15) is 14.7 Å². The van der Waals surface area contributed by atoms with Gasteiger partial charge < -0.3 is 19.5 Å². The lowest BCUT2D eigenvalue weighted by molar-refractivity contribution is -0.139. The molecule has 1 amide bonds. The minimum absolute atomic E-state index is 0.0250. The standard InChI is InChI=1S/C23H23Cl2NO5/c1-4-5-10-26-20(13-6-8-14(24)9-7-13)19(22(28)23(26)29)21(27)15-11-16(25)18(31-3)12-17(15)30-2/h6-9,11-12,20,27H,4-5,10H2,1-3H3/b21-19+. The van der Waals surface area contributed by atoms with Crippen molar-refractivity contribution in [3.05, 3.63) is 63.1 Å². The normalized spacial score (nSPS) is 17.8. The highest BCUT2D eigenvalue weighted by Gasteiger charge is 2.46. The fourth-order valence-corrected chi connectivity index (χ4v) is 3.99. The van der Waals surface area contributed by atoms with Crippen LogP contribution in [0.4, 0.5) is 0 Å². The third kappa shape index (κ3) is 4.36. The van der Waals surface area contributed by atoms with Crippen molar-refractivity contribution in [3.8, 4) is 11.5 Å². The summed E-state index contributed by atoms with van der Waals surface area (Å²) in [6, 6.07) is 9.06. The first-order chi connectivity index (χ1) is 14.8.